The van der Waals surface area contributed by atoms with E-state index in [0.29, 0.717) is 13.0 Å². The first-order chi connectivity index (χ1) is 14.6. The summed E-state index contributed by atoms with van der Waals surface area (Å²) in [5, 5.41) is 6.51. The number of ether oxygens (including phenoxy) is 1. The molecule has 3 aromatic rings. The zero-order valence-electron chi connectivity index (χ0n) is 16.8. The smallest absolute Gasteiger partial charge is 0.242 e. The van der Waals surface area contributed by atoms with Crippen LogP contribution in [0.2, 0.25) is 0 Å². The van der Waals surface area contributed by atoms with Gasteiger partial charge in [-0.25, -0.2) is 5.43 Å². The van der Waals surface area contributed by atoms with Gasteiger partial charge in [0.05, 0.1) is 16.7 Å². The summed E-state index contributed by atoms with van der Waals surface area (Å²) in [5.41, 5.74) is 4.70. The summed E-state index contributed by atoms with van der Waals surface area (Å²) in [4.78, 5) is 12.1. The van der Waals surface area contributed by atoms with Crippen molar-refractivity contribution in [3.8, 4) is 5.75 Å². The van der Waals surface area contributed by atoms with Crippen LogP contribution in [0.25, 0.3) is 10.8 Å². The lowest BCUT2D eigenvalue weighted by atomic mass is 10.1. The molecule has 0 saturated carbocycles. The fraction of sp³-hybridized carbons (Fsp3) is 0.250. The van der Waals surface area contributed by atoms with Gasteiger partial charge in [0.1, 0.15) is 12.4 Å². The van der Waals surface area contributed by atoms with Crippen molar-refractivity contribution in [3.05, 3.63) is 77.9 Å². The standard InChI is InChI=1S/C24H24N2O2S2/c1-24(29-13-14-30-24)15-23(27)26-25-16-18-9-11-21(12-10-18)28-17-20-7-4-6-19-5-2-3-8-22(19)20/h2-12,16H,13-15,17H2,1H3,(H,26,27)/b25-16-. The first kappa shape index (κ1) is 20.8. The van der Waals surface area contributed by atoms with Gasteiger partial charge < -0.3 is 4.74 Å². The van der Waals surface area contributed by atoms with Crippen LogP contribution in [0, 0.1) is 0 Å². The second kappa shape index (κ2) is 9.58. The number of nitrogens with one attached hydrogen (secondary N) is 1. The Balaban J connectivity index is 1.29. The molecular weight excluding hydrogens is 412 g/mol. The number of hydrogen-bond acceptors (Lipinski definition) is 5. The highest BCUT2D eigenvalue weighted by atomic mass is 32.2. The van der Waals surface area contributed by atoms with Crippen molar-refractivity contribution >= 4 is 46.4 Å². The quantitative estimate of drug-likeness (QED) is 0.395. The molecule has 0 atom stereocenters. The van der Waals surface area contributed by atoms with Crippen LogP contribution in [-0.2, 0) is 11.4 Å². The zero-order chi connectivity index (χ0) is 20.8. The SMILES string of the molecule is CC1(CC(=O)N/N=C\c2ccc(OCc3cccc4ccccc34)cc2)SCCS1. The van der Waals surface area contributed by atoms with Crippen LogP contribution in [-0.4, -0.2) is 27.7 Å². The van der Waals surface area contributed by atoms with Crippen LogP contribution in [0.5, 0.6) is 5.75 Å². The van der Waals surface area contributed by atoms with Crippen molar-refractivity contribution in [1.29, 1.82) is 0 Å². The maximum absolute atomic E-state index is 12.1. The largest absolute Gasteiger partial charge is 0.489 e. The number of hydrazone groups is 1. The van der Waals surface area contributed by atoms with E-state index in [1.54, 1.807) is 6.21 Å². The molecule has 4 rings (SSSR count). The van der Waals surface area contributed by atoms with E-state index in [1.807, 2.05) is 59.9 Å². The number of fused-ring (bicyclic) bond motifs is 1. The highest BCUT2D eigenvalue weighted by molar-refractivity contribution is 8.21. The van der Waals surface area contributed by atoms with Crippen LogP contribution in [0.4, 0.5) is 0 Å². The summed E-state index contributed by atoms with van der Waals surface area (Å²) < 4.78 is 5.94. The van der Waals surface area contributed by atoms with E-state index < -0.39 is 0 Å². The van der Waals surface area contributed by atoms with Crippen molar-refractivity contribution in [2.24, 2.45) is 5.10 Å². The average molecular weight is 437 g/mol. The number of carbonyl (C=O) groups is 1. The third-order valence-corrected chi connectivity index (χ3v) is 8.23. The van der Waals surface area contributed by atoms with E-state index in [-0.39, 0.29) is 9.99 Å². The number of amides is 1. The van der Waals surface area contributed by atoms with Crippen molar-refractivity contribution in [2.45, 2.75) is 24.0 Å². The zero-order valence-corrected chi connectivity index (χ0v) is 18.5. The molecule has 6 heteroatoms. The average Bonchev–Trinajstić information content (AvgIpc) is 3.19. The Kier molecular flexibility index (Phi) is 6.65. The molecule has 1 aliphatic rings. The van der Waals surface area contributed by atoms with Crippen LogP contribution >= 0.6 is 23.5 Å². The summed E-state index contributed by atoms with van der Waals surface area (Å²) in [6.45, 7) is 2.63. The molecule has 0 unspecified atom stereocenters. The van der Waals surface area contributed by atoms with Crippen molar-refractivity contribution in [3.63, 3.8) is 0 Å². The van der Waals surface area contributed by atoms with Crippen LogP contribution in [0.15, 0.2) is 71.8 Å². The van der Waals surface area contributed by atoms with Gasteiger partial charge in [0, 0.05) is 11.5 Å². The molecule has 0 radical (unpaired) electrons. The number of nitrogens with zero attached hydrogens (tertiary/aromatic N) is 1. The van der Waals surface area contributed by atoms with Gasteiger partial charge in [-0.2, -0.15) is 5.10 Å². The number of thioether (sulfide) groups is 2. The van der Waals surface area contributed by atoms with Crippen molar-refractivity contribution in [1.82, 2.24) is 5.43 Å². The molecule has 1 heterocycles. The summed E-state index contributed by atoms with van der Waals surface area (Å²) in [7, 11) is 0. The maximum atomic E-state index is 12.1. The van der Waals surface area contributed by atoms with Crippen molar-refractivity contribution in [2.75, 3.05) is 11.5 Å². The fourth-order valence-electron chi connectivity index (χ4n) is 3.40. The van der Waals surface area contributed by atoms with E-state index in [4.69, 9.17) is 4.74 Å². The molecule has 1 aliphatic heterocycles. The first-order valence-corrected chi connectivity index (χ1v) is 11.9. The topological polar surface area (TPSA) is 50.7 Å². The van der Waals surface area contributed by atoms with Crippen LogP contribution in [0.3, 0.4) is 0 Å². The third-order valence-electron chi connectivity index (χ3n) is 4.94. The molecule has 1 N–H and O–H groups in total. The van der Waals surface area contributed by atoms with E-state index >= 15 is 0 Å². The molecule has 3 aromatic carbocycles. The Morgan fingerprint density at radius 3 is 2.60 bits per heavy atom. The molecular formula is C24H24N2O2S2. The lowest BCUT2D eigenvalue weighted by Gasteiger charge is -2.19. The minimum absolute atomic E-state index is 0.0251. The number of benzene rings is 3. The number of carbonyl (C=O) groups excluding carboxylic acids is 1. The molecule has 30 heavy (non-hydrogen) atoms. The molecule has 154 valence electrons. The van der Waals surface area contributed by atoms with E-state index in [1.165, 1.54) is 10.8 Å². The summed E-state index contributed by atoms with van der Waals surface area (Å²) in [6.07, 6.45) is 2.13. The van der Waals surface area contributed by atoms with Gasteiger partial charge in [0.25, 0.3) is 0 Å². The Labute approximate surface area is 185 Å². The highest BCUT2D eigenvalue weighted by Gasteiger charge is 2.32. The minimum Gasteiger partial charge on any atom is -0.489 e. The molecule has 1 amide bonds. The molecule has 0 bridgehead atoms. The van der Waals surface area contributed by atoms with Crippen molar-refractivity contribution < 1.29 is 9.53 Å². The van der Waals surface area contributed by atoms with E-state index in [2.05, 4.69) is 47.8 Å². The second-order valence-corrected chi connectivity index (χ2v) is 10.8. The summed E-state index contributed by atoms with van der Waals surface area (Å²) in [6, 6.07) is 22.3. The minimum atomic E-state index is -0.0503. The second-order valence-electron chi connectivity index (χ2n) is 7.30. The Bertz CT molecular complexity index is 1040. The molecule has 0 spiro atoms. The number of hydrogen-bond donors (Lipinski definition) is 1. The molecule has 0 aromatic heterocycles. The molecule has 1 fully saturated rings. The monoisotopic (exact) mass is 436 g/mol. The van der Waals surface area contributed by atoms with Gasteiger partial charge in [-0.05, 0) is 53.1 Å². The van der Waals surface area contributed by atoms with Crippen LogP contribution < -0.4 is 10.2 Å². The van der Waals surface area contributed by atoms with Crippen LogP contribution in [0.1, 0.15) is 24.5 Å². The number of rotatable bonds is 7. The normalized spacial score (nSPS) is 15.5. The Morgan fingerprint density at radius 1 is 1.07 bits per heavy atom. The predicted octanol–water partition coefficient (Wildman–Crippen LogP) is 5.46. The third kappa shape index (κ3) is 5.37. The molecule has 4 nitrogen and oxygen atoms in total. The van der Waals surface area contributed by atoms with Gasteiger partial charge in [-0.1, -0.05) is 42.5 Å². The fourth-order valence-corrected chi connectivity index (χ4v) is 6.23. The van der Waals surface area contributed by atoms with Gasteiger partial charge in [-0.15, -0.1) is 23.5 Å². The van der Waals surface area contributed by atoms with Gasteiger partial charge in [0.2, 0.25) is 5.91 Å². The first-order valence-electron chi connectivity index (χ1n) is 9.91. The van der Waals surface area contributed by atoms with E-state index in [0.717, 1.165) is 28.4 Å². The lowest BCUT2D eigenvalue weighted by molar-refractivity contribution is -0.121. The Hall–Kier alpha value is -2.44. The van der Waals surface area contributed by atoms with Gasteiger partial charge in [0.15, 0.2) is 0 Å². The van der Waals surface area contributed by atoms with E-state index in [9.17, 15) is 4.79 Å². The molecule has 0 aliphatic carbocycles. The molecule has 1 saturated heterocycles. The van der Waals surface area contributed by atoms with Gasteiger partial charge >= 0.3 is 0 Å². The summed E-state index contributed by atoms with van der Waals surface area (Å²) in [5.74, 6) is 2.96. The lowest BCUT2D eigenvalue weighted by Crippen LogP contribution is -2.26. The summed E-state index contributed by atoms with van der Waals surface area (Å²) >= 11 is 3.69. The highest BCUT2D eigenvalue weighted by Crippen LogP contribution is 2.45. The van der Waals surface area contributed by atoms with Gasteiger partial charge in [-0.3, -0.25) is 4.79 Å². The maximum Gasteiger partial charge on any atom is 0.242 e. The Morgan fingerprint density at radius 2 is 1.80 bits per heavy atom. The predicted molar refractivity (Wildman–Crippen MR) is 128 cm³/mol.